The molecule has 1 unspecified atom stereocenters. The molecule has 176 valence electrons. The predicted molar refractivity (Wildman–Crippen MR) is 129 cm³/mol. The van der Waals surface area contributed by atoms with Gasteiger partial charge in [-0.15, -0.1) is 0 Å². The first-order valence-corrected chi connectivity index (χ1v) is 10.6. The first-order valence-electron chi connectivity index (χ1n) is 10.6. The Kier molecular flexibility index (Phi) is 7.66. The number of aryl methyl sites for hydroxylation is 1. The number of rotatable bonds is 9. The van der Waals surface area contributed by atoms with Crippen molar-refractivity contribution in [2.24, 2.45) is 0 Å². The summed E-state index contributed by atoms with van der Waals surface area (Å²) in [5.41, 5.74) is 4.84. The lowest BCUT2D eigenvalue weighted by Gasteiger charge is -2.15. The van der Waals surface area contributed by atoms with Gasteiger partial charge >= 0.3 is 0 Å². The van der Waals surface area contributed by atoms with E-state index in [0.29, 0.717) is 29.4 Å². The lowest BCUT2D eigenvalue weighted by atomic mass is 9.96. The number of nitrogens with one attached hydrogen (secondary N) is 1. The molecule has 0 aliphatic carbocycles. The van der Waals surface area contributed by atoms with Crippen molar-refractivity contribution in [3.63, 3.8) is 0 Å². The molecule has 0 saturated carbocycles. The normalized spacial score (nSPS) is 12.5. The van der Waals surface area contributed by atoms with Crippen LogP contribution in [0, 0.1) is 6.92 Å². The van der Waals surface area contributed by atoms with E-state index in [1.54, 1.807) is 40.8 Å². The number of hydrogen-bond donors (Lipinski definition) is 1. The van der Waals surface area contributed by atoms with Gasteiger partial charge in [0, 0.05) is 46.9 Å². The van der Waals surface area contributed by atoms with Crippen molar-refractivity contribution >= 4 is 22.4 Å². The van der Waals surface area contributed by atoms with Gasteiger partial charge in [-0.05, 0) is 50.6 Å². The summed E-state index contributed by atoms with van der Waals surface area (Å²) in [6, 6.07) is 7.51. The van der Waals surface area contributed by atoms with Crippen molar-refractivity contribution in [1.82, 2.24) is 5.32 Å². The number of fused-ring (bicyclic) bond motifs is 1. The van der Waals surface area contributed by atoms with Gasteiger partial charge in [0.1, 0.15) is 22.8 Å². The molecule has 1 N–H and O–H groups in total. The van der Waals surface area contributed by atoms with Crippen LogP contribution in [-0.2, 0) is 9.53 Å². The molecule has 0 bridgehead atoms. The number of amides is 1. The molecule has 0 fully saturated rings. The molecule has 2 aromatic carbocycles. The lowest BCUT2D eigenvalue weighted by Crippen LogP contribution is -2.34. The van der Waals surface area contributed by atoms with Gasteiger partial charge in [0.15, 0.2) is 0 Å². The summed E-state index contributed by atoms with van der Waals surface area (Å²) in [7, 11) is 6.47. The molecule has 0 aliphatic heterocycles. The molecule has 7 heteroatoms. The summed E-state index contributed by atoms with van der Waals surface area (Å²) in [6.07, 6.45) is 3.28. The SMILES string of the molecule is COCC(C)NC(=O)/C=C(\C)c1cc2c(-c3cc(OC)ccc3OC)coc2c(C)c1OC. The Bertz CT molecular complexity index is 1180. The third-order valence-corrected chi connectivity index (χ3v) is 5.52. The van der Waals surface area contributed by atoms with Gasteiger partial charge < -0.3 is 28.7 Å². The van der Waals surface area contributed by atoms with Gasteiger partial charge in [-0.1, -0.05) is 0 Å². The van der Waals surface area contributed by atoms with Crippen LogP contribution < -0.4 is 19.5 Å². The van der Waals surface area contributed by atoms with Gasteiger partial charge in [0.2, 0.25) is 5.91 Å². The molecule has 33 heavy (non-hydrogen) atoms. The highest BCUT2D eigenvalue weighted by atomic mass is 16.5. The summed E-state index contributed by atoms with van der Waals surface area (Å²) in [4.78, 5) is 12.5. The van der Waals surface area contributed by atoms with Crippen molar-refractivity contribution < 1.29 is 28.2 Å². The summed E-state index contributed by atoms with van der Waals surface area (Å²) in [5, 5.41) is 3.79. The Hall–Kier alpha value is -3.45. The maximum absolute atomic E-state index is 12.5. The highest BCUT2D eigenvalue weighted by molar-refractivity contribution is 6.02. The number of furan rings is 1. The Morgan fingerprint density at radius 3 is 2.48 bits per heavy atom. The molecule has 0 spiro atoms. The molecule has 0 radical (unpaired) electrons. The lowest BCUT2D eigenvalue weighted by molar-refractivity contribution is -0.117. The average Bonchev–Trinajstić information content (AvgIpc) is 3.22. The Morgan fingerprint density at radius 2 is 1.85 bits per heavy atom. The van der Waals surface area contributed by atoms with Crippen molar-refractivity contribution in [2.75, 3.05) is 35.0 Å². The Balaban J connectivity index is 2.15. The van der Waals surface area contributed by atoms with Crippen LogP contribution in [0.3, 0.4) is 0 Å². The van der Waals surface area contributed by atoms with E-state index < -0.39 is 0 Å². The van der Waals surface area contributed by atoms with E-state index in [1.165, 1.54) is 0 Å². The average molecular weight is 454 g/mol. The quantitative estimate of drug-likeness (QED) is 0.460. The standard InChI is InChI=1S/C26H31NO6/c1-15(10-24(28)27-16(2)13-29-4)19-12-21-22(14-33-26(21)17(3)25(19)32-7)20-11-18(30-5)8-9-23(20)31-6/h8-12,14,16H,13H2,1-7H3,(H,27,28)/b15-10+. The topological polar surface area (TPSA) is 79.2 Å². The monoisotopic (exact) mass is 453 g/mol. The van der Waals surface area contributed by atoms with Crippen LogP contribution in [0.15, 0.2) is 41.0 Å². The Labute approximate surface area is 194 Å². The Morgan fingerprint density at radius 1 is 1.09 bits per heavy atom. The number of carbonyl (C=O) groups excluding carboxylic acids is 1. The van der Waals surface area contributed by atoms with Crippen LogP contribution in [0.1, 0.15) is 25.0 Å². The molecule has 1 heterocycles. The van der Waals surface area contributed by atoms with Gasteiger partial charge in [0.05, 0.1) is 34.2 Å². The fraction of sp³-hybridized carbons (Fsp3) is 0.346. The molecular formula is C26H31NO6. The number of ether oxygens (including phenoxy) is 4. The molecule has 1 aromatic heterocycles. The number of methoxy groups -OCH3 is 4. The third-order valence-electron chi connectivity index (χ3n) is 5.52. The van der Waals surface area contributed by atoms with Crippen molar-refractivity contribution in [3.05, 3.63) is 47.7 Å². The van der Waals surface area contributed by atoms with Crippen molar-refractivity contribution in [1.29, 1.82) is 0 Å². The van der Waals surface area contributed by atoms with Crippen molar-refractivity contribution in [3.8, 4) is 28.4 Å². The number of carbonyl (C=O) groups is 1. The second-order valence-corrected chi connectivity index (χ2v) is 7.87. The predicted octanol–water partition coefficient (Wildman–Crippen LogP) is 4.99. The number of allylic oxidation sites excluding steroid dienone is 1. The zero-order chi connectivity index (χ0) is 24.1. The highest BCUT2D eigenvalue weighted by Gasteiger charge is 2.21. The number of benzene rings is 2. The van der Waals surface area contributed by atoms with Gasteiger partial charge in [-0.25, -0.2) is 0 Å². The minimum atomic E-state index is -0.196. The second kappa shape index (κ2) is 10.4. The smallest absolute Gasteiger partial charge is 0.244 e. The van der Waals surface area contributed by atoms with Crippen molar-refractivity contribution in [2.45, 2.75) is 26.8 Å². The van der Waals surface area contributed by atoms with Crippen LogP contribution in [-0.4, -0.2) is 47.0 Å². The van der Waals surface area contributed by atoms with Crippen LogP contribution >= 0.6 is 0 Å². The minimum Gasteiger partial charge on any atom is -0.497 e. The summed E-state index contributed by atoms with van der Waals surface area (Å²) in [6.45, 7) is 6.15. The van der Waals surface area contributed by atoms with E-state index in [0.717, 1.165) is 33.2 Å². The highest BCUT2D eigenvalue weighted by Crippen LogP contribution is 2.43. The maximum atomic E-state index is 12.5. The van der Waals surface area contributed by atoms with E-state index in [9.17, 15) is 4.79 Å². The fourth-order valence-electron chi connectivity index (χ4n) is 3.96. The third kappa shape index (κ3) is 4.98. The first-order chi connectivity index (χ1) is 15.8. The zero-order valence-electron chi connectivity index (χ0n) is 20.2. The van der Waals surface area contributed by atoms with Gasteiger partial charge in [-0.2, -0.15) is 0 Å². The van der Waals surface area contributed by atoms with Crippen LogP contribution in [0.4, 0.5) is 0 Å². The molecule has 3 rings (SSSR count). The molecule has 0 saturated heterocycles. The van der Waals surface area contributed by atoms with Crippen LogP contribution in [0.25, 0.3) is 27.7 Å². The molecular weight excluding hydrogens is 422 g/mol. The van der Waals surface area contributed by atoms with E-state index in [2.05, 4.69) is 5.32 Å². The van der Waals surface area contributed by atoms with E-state index in [-0.39, 0.29) is 11.9 Å². The van der Waals surface area contributed by atoms with Gasteiger partial charge in [-0.3, -0.25) is 4.79 Å². The largest absolute Gasteiger partial charge is 0.497 e. The molecule has 1 amide bonds. The van der Waals surface area contributed by atoms with E-state index in [4.69, 9.17) is 23.4 Å². The summed E-state index contributed by atoms with van der Waals surface area (Å²) in [5.74, 6) is 1.88. The minimum absolute atomic E-state index is 0.0985. The molecule has 0 aliphatic rings. The van der Waals surface area contributed by atoms with E-state index >= 15 is 0 Å². The molecule has 7 nitrogen and oxygen atoms in total. The van der Waals surface area contributed by atoms with E-state index in [1.807, 2.05) is 45.0 Å². The maximum Gasteiger partial charge on any atom is 0.244 e. The first kappa shape index (κ1) is 24.2. The summed E-state index contributed by atoms with van der Waals surface area (Å²) < 4.78 is 27.7. The fourth-order valence-corrected chi connectivity index (χ4v) is 3.96. The van der Waals surface area contributed by atoms with Crippen LogP contribution in [0.5, 0.6) is 17.2 Å². The second-order valence-electron chi connectivity index (χ2n) is 7.87. The van der Waals surface area contributed by atoms with Gasteiger partial charge in [0.25, 0.3) is 0 Å². The summed E-state index contributed by atoms with van der Waals surface area (Å²) >= 11 is 0. The van der Waals surface area contributed by atoms with Crippen LogP contribution in [0.2, 0.25) is 0 Å². The number of hydrogen-bond acceptors (Lipinski definition) is 6. The zero-order valence-corrected chi connectivity index (χ0v) is 20.2. The molecule has 1 atom stereocenters. The molecule has 3 aromatic rings.